The number of amides is 4. The molecule has 4 atom stereocenters. The molecule has 33 heavy (non-hydrogen) atoms. The fourth-order valence-corrected chi connectivity index (χ4v) is 2.71. The van der Waals surface area contributed by atoms with Gasteiger partial charge >= 0.3 is 11.9 Å². The fourth-order valence-electron chi connectivity index (χ4n) is 2.71. The molecule has 0 rings (SSSR count). The first-order valence-electron chi connectivity index (χ1n) is 10.3. The monoisotopic (exact) mass is 475 g/mol. The largest absolute Gasteiger partial charge is 0.481 e. The van der Waals surface area contributed by atoms with E-state index < -0.39 is 79.2 Å². The number of hydrogen-bond acceptors (Lipinski definition) is 8. The van der Waals surface area contributed by atoms with Crippen molar-refractivity contribution >= 4 is 35.6 Å². The molecule has 0 aliphatic carbocycles. The predicted octanol–water partition coefficient (Wildman–Crippen LogP) is -2.98. The molecule has 14 heteroatoms. The summed E-state index contributed by atoms with van der Waals surface area (Å²) in [6.07, 6.45) is -1.30. The number of nitrogens with one attached hydrogen (secondary N) is 3. The Bertz CT molecular complexity index is 728. The van der Waals surface area contributed by atoms with Crippen LogP contribution < -0.4 is 27.4 Å². The average Bonchev–Trinajstić information content (AvgIpc) is 2.70. The van der Waals surface area contributed by atoms with E-state index in [2.05, 4.69) is 16.0 Å². The smallest absolute Gasteiger partial charge is 0.326 e. The number of carbonyl (C=O) groups excluding carboxylic acids is 4. The van der Waals surface area contributed by atoms with Crippen LogP contribution in [0.25, 0.3) is 0 Å². The van der Waals surface area contributed by atoms with Crippen LogP contribution in [0.3, 0.4) is 0 Å². The van der Waals surface area contributed by atoms with E-state index in [1.807, 2.05) is 13.8 Å². The summed E-state index contributed by atoms with van der Waals surface area (Å²) < 4.78 is 0. The van der Waals surface area contributed by atoms with Crippen LogP contribution in [0, 0.1) is 5.92 Å². The number of carbonyl (C=O) groups is 6. The molecule has 0 fully saturated rings. The van der Waals surface area contributed by atoms with Gasteiger partial charge in [0, 0.05) is 12.8 Å². The summed E-state index contributed by atoms with van der Waals surface area (Å²) in [7, 11) is 0. The molecule has 188 valence electrons. The SMILES string of the molecule is CC(C)CC(N)C(=O)NC(CO)C(=O)NC(CCC(=O)O)C(=O)NC(CCC(N)=O)C(=O)O. The van der Waals surface area contributed by atoms with Gasteiger partial charge in [0.05, 0.1) is 12.6 Å². The maximum Gasteiger partial charge on any atom is 0.326 e. The second kappa shape index (κ2) is 14.7. The highest BCUT2D eigenvalue weighted by Gasteiger charge is 2.30. The van der Waals surface area contributed by atoms with Crippen molar-refractivity contribution in [3.05, 3.63) is 0 Å². The summed E-state index contributed by atoms with van der Waals surface area (Å²) in [5, 5.41) is 34.2. The quantitative estimate of drug-likeness (QED) is 0.112. The predicted molar refractivity (Wildman–Crippen MR) is 113 cm³/mol. The lowest BCUT2D eigenvalue weighted by molar-refractivity contribution is -0.143. The van der Waals surface area contributed by atoms with Crippen molar-refractivity contribution < 1.29 is 44.1 Å². The van der Waals surface area contributed by atoms with E-state index in [1.165, 1.54) is 0 Å². The van der Waals surface area contributed by atoms with Crippen LogP contribution in [0.4, 0.5) is 0 Å². The first-order valence-corrected chi connectivity index (χ1v) is 10.3. The van der Waals surface area contributed by atoms with Crippen LogP contribution in [-0.4, -0.2) is 81.7 Å². The molecule has 0 aromatic rings. The molecule has 0 bridgehead atoms. The van der Waals surface area contributed by atoms with Crippen molar-refractivity contribution in [1.29, 1.82) is 0 Å². The Morgan fingerprint density at radius 1 is 0.788 bits per heavy atom. The molecular weight excluding hydrogens is 442 g/mol. The third-order valence-corrected chi connectivity index (χ3v) is 4.45. The van der Waals surface area contributed by atoms with Gasteiger partial charge in [-0.25, -0.2) is 4.79 Å². The minimum absolute atomic E-state index is 0.0907. The Labute approximate surface area is 190 Å². The number of rotatable bonds is 16. The molecule has 0 aromatic heterocycles. The summed E-state index contributed by atoms with van der Waals surface area (Å²) in [4.78, 5) is 70.4. The van der Waals surface area contributed by atoms with Gasteiger partial charge < -0.3 is 42.7 Å². The zero-order chi connectivity index (χ0) is 25.7. The molecule has 10 N–H and O–H groups in total. The van der Waals surface area contributed by atoms with Gasteiger partial charge in [0.2, 0.25) is 23.6 Å². The van der Waals surface area contributed by atoms with Crippen LogP contribution >= 0.6 is 0 Å². The van der Waals surface area contributed by atoms with E-state index >= 15 is 0 Å². The first-order chi connectivity index (χ1) is 15.3. The van der Waals surface area contributed by atoms with E-state index in [1.54, 1.807) is 0 Å². The Morgan fingerprint density at radius 2 is 1.27 bits per heavy atom. The Hall–Kier alpha value is -3.26. The lowest BCUT2D eigenvalue weighted by Crippen LogP contribution is -2.58. The number of aliphatic hydroxyl groups excluding tert-OH is 1. The molecule has 0 aliphatic heterocycles. The van der Waals surface area contributed by atoms with E-state index in [9.17, 15) is 39.0 Å². The standard InChI is InChI=1S/C19H33N5O9/c1-9(2)7-10(20)16(29)24-13(8-25)18(31)22-11(4-6-15(27)28)17(30)23-12(19(32)33)3-5-14(21)26/h9-13,25H,3-8,20H2,1-2H3,(H2,21,26)(H,22,31)(H,23,30)(H,24,29)(H,27,28)(H,32,33). The Morgan fingerprint density at radius 3 is 1.73 bits per heavy atom. The van der Waals surface area contributed by atoms with Crippen LogP contribution in [0.15, 0.2) is 0 Å². The highest BCUT2D eigenvalue weighted by Crippen LogP contribution is 2.05. The number of aliphatic hydroxyl groups is 1. The van der Waals surface area contributed by atoms with Crippen molar-refractivity contribution in [1.82, 2.24) is 16.0 Å². The summed E-state index contributed by atoms with van der Waals surface area (Å²) in [5.41, 5.74) is 10.7. The number of aliphatic carboxylic acids is 2. The van der Waals surface area contributed by atoms with Gasteiger partial charge in [0.15, 0.2) is 0 Å². The first kappa shape index (κ1) is 29.7. The summed E-state index contributed by atoms with van der Waals surface area (Å²) in [6.45, 7) is 2.83. The van der Waals surface area contributed by atoms with Crippen LogP contribution in [0.5, 0.6) is 0 Å². The van der Waals surface area contributed by atoms with Gasteiger partial charge in [-0.15, -0.1) is 0 Å². The van der Waals surface area contributed by atoms with E-state index in [0.717, 1.165) is 0 Å². The molecule has 4 unspecified atom stereocenters. The van der Waals surface area contributed by atoms with Crippen molar-refractivity contribution in [3.8, 4) is 0 Å². The second-order valence-corrected chi connectivity index (χ2v) is 7.88. The van der Waals surface area contributed by atoms with Crippen LogP contribution in [-0.2, 0) is 28.8 Å². The number of carboxylic acid groups (broad SMARTS) is 2. The lowest BCUT2D eigenvalue weighted by atomic mass is 10.0. The van der Waals surface area contributed by atoms with E-state index in [4.69, 9.17) is 16.6 Å². The van der Waals surface area contributed by atoms with Gasteiger partial charge in [0.1, 0.15) is 18.1 Å². The highest BCUT2D eigenvalue weighted by molar-refractivity contribution is 5.94. The van der Waals surface area contributed by atoms with Gasteiger partial charge in [-0.2, -0.15) is 0 Å². The van der Waals surface area contributed by atoms with Gasteiger partial charge in [-0.3, -0.25) is 24.0 Å². The number of carboxylic acids is 2. The number of primary amides is 1. The van der Waals surface area contributed by atoms with Gasteiger partial charge in [-0.05, 0) is 25.2 Å². The molecule has 0 aromatic carbocycles. The average molecular weight is 475 g/mol. The zero-order valence-corrected chi connectivity index (χ0v) is 18.6. The van der Waals surface area contributed by atoms with Gasteiger partial charge in [-0.1, -0.05) is 13.8 Å². The van der Waals surface area contributed by atoms with Crippen LogP contribution in [0.1, 0.15) is 46.0 Å². The molecule has 0 spiro atoms. The zero-order valence-electron chi connectivity index (χ0n) is 18.6. The Balaban J connectivity index is 5.34. The summed E-state index contributed by atoms with van der Waals surface area (Å²) >= 11 is 0. The maximum absolute atomic E-state index is 12.5. The lowest BCUT2D eigenvalue weighted by Gasteiger charge is -2.24. The molecular formula is C19H33N5O9. The molecule has 4 amide bonds. The number of hydrogen-bond donors (Lipinski definition) is 8. The minimum Gasteiger partial charge on any atom is -0.481 e. The van der Waals surface area contributed by atoms with Crippen molar-refractivity contribution in [2.45, 2.75) is 70.1 Å². The van der Waals surface area contributed by atoms with Gasteiger partial charge in [0.25, 0.3) is 0 Å². The molecule has 0 heterocycles. The van der Waals surface area contributed by atoms with Crippen LogP contribution in [0.2, 0.25) is 0 Å². The number of nitrogens with two attached hydrogens (primary N) is 2. The molecule has 0 saturated carbocycles. The minimum atomic E-state index is -1.52. The molecule has 0 radical (unpaired) electrons. The van der Waals surface area contributed by atoms with Crippen molar-refractivity contribution in [3.63, 3.8) is 0 Å². The topological polar surface area (TPSA) is 251 Å². The summed E-state index contributed by atoms with van der Waals surface area (Å²) in [6, 6.07) is -5.45. The highest BCUT2D eigenvalue weighted by atomic mass is 16.4. The molecule has 0 saturated heterocycles. The summed E-state index contributed by atoms with van der Waals surface area (Å²) in [5.74, 6) is -6.18. The molecule has 0 aliphatic rings. The normalized spacial score (nSPS) is 14.5. The van der Waals surface area contributed by atoms with E-state index in [0.29, 0.717) is 6.42 Å². The van der Waals surface area contributed by atoms with Crippen molar-refractivity contribution in [2.24, 2.45) is 17.4 Å². The third-order valence-electron chi connectivity index (χ3n) is 4.45. The molecule has 14 nitrogen and oxygen atoms in total. The Kier molecular flexibility index (Phi) is 13.3. The van der Waals surface area contributed by atoms with E-state index in [-0.39, 0.29) is 18.8 Å². The second-order valence-electron chi connectivity index (χ2n) is 7.88. The fraction of sp³-hybridized carbons (Fsp3) is 0.684. The maximum atomic E-state index is 12.5. The third kappa shape index (κ3) is 12.4. The van der Waals surface area contributed by atoms with Crippen molar-refractivity contribution in [2.75, 3.05) is 6.61 Å².